The number of halogens is 2. The molecule has 2 aliphatic carbocycles. The minimum Gasteiger partial charge on any atom is -1.00 e. The summed E-state index contributed by atoms with van der Waals surface area (Å²) in [5.41, 5.74) is 0. The van der Waals surface area contributed by atoms with Crippen LogP contribution in [-0.2, 0) is 17.4 Å². The molecule has 2 rings (SSSR count). The Labute approximate surface area is 91.4 Å². The van der Waals surface area contributed by atoms with Gasteiger partial charge in [-0.15, -0.1) is 6.42 Å². The van der Waals surface area contributed by atoms with Gasteiger partial charge in [-0.25, -0.2) is 18.6 Å². The molecule has 0 radical (unpaired) electrons. The molecule has 62 valence electrons. The summed E-state index contributed by atoms with van der Waals surface area (Å²) in [6, 6.07) is 0. The van der Waals surface area contributed by atoms with E-state index in [1.165, 1.54) is 0 Å². The van der Waals surface area contributed by atoms with Crippen LogP contribution in [0.15, 0.2) is 24.3 Å². The first-order valence-electron chi connectivity index (χ1n) is 2.77. The van der Waals surface area contributed by atoms with Gasteiger partial charge in [-0.3, -0.25) is 12.2 Å². The van der Waals surface area contributed by atoms with Crippen LogP contribution in [0.3, 0.4) is 0 Å². The third-order valence-corrected chi connectivity index (χ3v) is 0.790. The first-order valence-corrected chi connectivity index (χ1v) is 2.77. The van der Waals surface area contributed by atoms with Crippen molar-refractivity contribution in [3.8, 4) is 0 Å². The Kier molecular flexibility index (Phi) is 20.5. The number of hydrogen-bond acceptors (Lipinski definition) is 0. The van der Waals surface area contributed by atoms with Crippen LogP contribution in [0.25, 0.3) is 0 Å². The summed E-state index contributed by atoms with van der Waals surface area (Å²) < 4.78 is 0. The molecule has 0 aromatic rings. The maximum atomic E-state index is 2.99. The number of allylic oxidation sites excluding steroid dienone is 6. The predicted molar refractivity (Wildman–Crippen MR) is 34.0 cm³/mol. The van der Waals surface area contributed by atoms with E-state index in [1.807, 2.05) is 18.2 Å². The Morgan fingerprint density at radius 2 is 1.55 bits per heavy atom. The van der Waals surface area contributed by atoms with E-state index in [0.29, 0.717) is 0 Å². The molecule has 0 saturated heterocycles. The maximum Gasteiger partial charge on any atom is 2.00 e. The zero-order chi connectivity index (χ0) is 5.66. The van der Waals surface area contributed by atoms with E-state index in [1.54, 1.807) is 0 Å². The quantitative estimate of drug-likeness (QED) is 0.371. The Bertz CT molecular complexity index is 125. The molecule has 2 aliphatic rings. The molecule has 0 aromatic carbocycles. The summed E-state index contributed by atoms with van der Waals surface area (Å²) >= 11 is 0. The van der Waals surface area contributed by atoms with Crippen LogP contribution in [0.1, 0.15) is 12.8 Å². The van der Waals surface area contributed by atoms with E-state index in [-0.39, 0.29) is 42.2 Å². The van der Waals surface area contributed by atoms with Crippen molar-refractivity contribution in [2.75, 3.05) is 0 Å². The van der Waals surface area contributed by atoms with Gasteiger partial charge in [0, 0.05) is 0 Å². The SMILES string of the molecule is [C-]1=CC1.[C-]1=CC=CC1.[Cl-].[Cl-].[Cr+2]. The van der Waals surface area contributed by atoms with Crippen LogP contribution in [0, 0.1) is 12.2 Å². The van der Waals surface area contributed by atoms with Crippen molar-refractivity contribution in [1.29, 1.82) is 0 Å². The second kappa shape index (κ2) is 13.0. The largest absolute Gasteiger partial charge is 2.00 e. The molecule has 0 aliphatic heterocycles. The Morgan fingerprint density at radius 3 is 1.64 bits per heavy atom. The van der Waals surface area contributed by atoms with Crippen molar-refractivity contribution in [1.82, 2.24) is 0 Å². The van der Waals surface area contributed by atoms with Gasteiger partial charge in [-0.2, -0.15) is 6.08 Å². The summed E-state index contributed by atoms with van der Waals surface area (Å²) in [5.74, 6) is 0. The molecular weight excluding hydrogens is 219 g/mol. The molecule has 0 aromatic heterocycles. The van der Waals surface area contributed by atoms with Gasteiger partial charge >= 0.3 is 17.4 Å². The molecule has 0 bridgehead atoms. The smallest absolute Gasteiger partial charge is 1.00 e. The van der Waals surface area contributed by atoms with Gasteiger partial charge in [0.15, 0.2) is 0 Å². The normalized spacial score (nSPS) is 13.1. The second-order valence-electron chi connectivity index (χ2n) is 1.62. The average molecular weight is 227 g/mol. The zero-order valence-electron chi connectivity index (χ0n) is 5.89. The summed E-state index contributed by atoms with van der Waals surface area (Å²) in [7, 11) is 0. The van der Waals surface area contributed by atoms with E-state index in [9.17, 15) is 0 Å². The van der Waals surface area contributed by atoms with E-state index in [2.05, 4.69) is 18.2 Å². The number of rotatable bonds is 0. The molecule has 0 heterocycles. The fourth-order valence-corrected chi connectivity index (χ4v) is 0.340. The molecule has 3 heteroatoms. The molecule has 0 fully saturated rings. The first-order chi connectivity index (χ1) is 4.00. The van der Waals surface area contributed by atoms with Crippen LogP contribution in [0.5, 0.6) is 0 Å². The van der Waals surface area contributed by atoms with Gasteiger partial charge in [0.25, 0.3) is 0 Å². The minimum atomic E-state index is 0. The molecule has 0 nitrogen and oxygen atoms in total. The van der Waals surface area contributed by atoms with E-state index >= 15 is 0 Å². The van der Waals surface area contributed by atoms with E-state index in [0.717, 1.165) is 12.8 Å². The van der Waals surface area contributed by atoms with Gasteiger partial charge < -0.3 is 30.9 Å². The van der Waals surface area contributed by atoms with Crippen molar-refractivity contribution in [3.63, 3.8) is 0 Å². The molecule has 11 heavy (non-hydrogen) atoms. The van der Waals surface area contributed by atoms with Crippen molar-refractivity contribution >= 4 is 0 Å². The summed E-state index contributed by atoms with van der Waals surface area (Å²) in [5, 5.41) is 0. The second-order valence-corrected chi connectivity index (χ2v) is 1.62. The van der Waals surface area contributed by atoms with Gasteiger partial charge in [0.2, 0.25) is 0 Å². The predicted octanol–water partition coefficient (Wildman–Crippen LogP) is -3.94. The fourth-order valence-electron chi connectivity index (χ4n) is 0.340. The zero-order valence-corrected chi connectivity index (χ0v) is 8.67. The topological polar surface area (TPSA) is 0 Å². The Balaban J connectivity index is -0.0000000967. The average Bonchev–Trinajstić information content (AvgIpc) is 2.55. The summed E-state index contributed by atoms with van der Waals surface area (Å²) in [6.07, 6.45) is 16.0. The monoisotopic (exact) mass is 226 g/mol. The first kappa shape index (κ1) is 17.4. The van der Waals surface area contributed by atoms with Crippen LogP contribution < -0.4 is 24.8 Å². The van der Waals surface area contributed by atoms with Crippen molar-refractivity contribution in [2.24, 2.45) is 0 Å². The molecule has 0 saturated carbocycles. The van der Waals surface area contributed by atoms with Crippen LogP contribution in [-0.4, -0.2) is 0 Å². The van der Waals surface area contributed by atoms with E-state index in [4.69, 9.17) is 0 Å². The Hall–Kier alpha value is 0.332. The third kappa shape index (κ3) is 17.9. The summed E-state index contributed by atoms with van der Waals surface area (Å²) in [6.45, 7) is 0. The van der Waals surface area contributed by atoms with E-state index < -0.39 is 0 Å². The fraction of sp³-hybridized carbons (Fsp3) is 0.250. The van der Waals surface area contributed by atoms with Crippen LogP contribution in [0.2, 0.25) is 0 Å². The standard InChI is InChI=1S/C5H5.C3H3.2ClH.Cr/c1-2-4-5-3-1;1-2-3-1;;;/h1-3H,4H2;1H,2H2;2*1H;/q2*-1;;;+2/p-2. The van der Waals surface area contributed by atoms with Crippen molar-refractivity contribution in [3.05, 3.63) is 36.5 Å². The van der Waals surface area contributed by atoms with Crippen LogP contribution in [0.4, 0.5) is 0 Å². The van der Waals surface area contributed by atoms with Crippen molar-refractivity contribution < 1.29 is 42.2 Å². The van der Waals surface area contributed by atoms with Gasteiger partial charge in [-0.05, 0) is 0 Å². The summed E-state index contributed by atoms with van der Waals surface area (Å²) in [4.78, 5) is 0. The molecule has 0 amide bonds. The molecular formula is C8H8Cl2Cr-2. The molecule has 0 N–H and O–H groups in total. The molecule has 0 spiro atoms. The number of hydrogen-bond donors (Lipinski definition) is 0. The van der Waals surface area contributed by atoms with Gasteiger partial charge in [-0.1, -0.05) is 0 Å². The van der Waals surface area contributed by atoms with Crippen LogP contribution >= 0.6 is 0 Å². The molecule has 0 atom stereocenters. The Morgan fingerprint density at radius 1 is 1.00 bits per heavy atom. The minimum absolute atomic E-state index is 0. The third-order valence-electron chi connectivity index (χ3n) is 0.790. The van der Waals surface area contributed by atoms with Gasteiger partial charge in [0.05, 0.1) is 0 Å². The molecule has 0 unspecified atom stereocenters. The maximum absolute atomic E-state index is 2.99. The van der Waals surface area contributed by atoms with Crippen molar-refractivity contribution in [2.45, 2.75) is 12.8 Å². The van der Waals surface area contributed by atoms with Gasteiger partial charge in [0.1, 0.15) is 0 Å².